The number of thiazole rings is 1. The molecule has 20 heavy (non-hydrogen) atoms. The summed E-state index contributed by atoms with van der Waals surface area (Å²) in [7, 11) is 0. The van der Waals surface area contributed by atoms with E-state index in [4.69, 9.17) is 4.74 Å². The van der Waals surface area contributed by atoms with E-state index >= 15 is 0 Å². The lowest BCUT2D eigenvalue weighted by Gasteiger charge is -2.14. The molecule has 2 aromatic rings. The second-order valence-electron chi connectivity index (χ2n) is 4.46. The number of amides is 1. The first-order chi connectivity index (χ1) is 9.63. The van der Waals surface area contributed by atoms with Crippen LogP contribution in [0.4, 0.5) is 0 Å². The standard InChI is InChI=1S/C14H17N3O2S/c1-10(19-13-4-3-5-15-8-13)7-16-14(18)6-12-9-20-11(2)17-12/h3-5,8-10H,6-7H2,1-2H3,(H,16,18)/t10-/m0/s1. The van der Waals surface area contributed by atoms with Crippen molar-refractivity contribution >= 4 is 17.2 Å². The number of nitrogens with one attached hydrogen (secondary N) is 1. The largest absolute Gasteiger partial charge is 0.487 e. The summed E-state index contributed by atoms with van der Waals surface area (Å²) in [5.41, 5.74) is 0.811. The number of nitrogens with zero attached hydrogens (tertiary/aromatic N) is 2. The van der Waals surface area contributed by atoms with Crippen LogP contribution in [0.15, 0.2) is 29.9 Å². The predicted molar refractivity (Wildman–Crippen MR) is 77.9 cm³/mol. The van der Waals surface area contributed by atoms with Gasteiger partial charge in [-0.15, -0.1) is 11.3 Å². The molecule has 0 aliphatic rings. The third kappa shape index (κ3) is 4.62. The molecule has 0 saturated heterocycles. The topological polar surface area (TPSA) is 64.1 Å². The van der Waals surface area contributed by atoms with Gasteiger partial charge in [-0.3, -0.25) is 9.78 Å². The fraction of sp³-hybridized carbons (Fsp3) is 0.357. The Kier molecular flexibility index (Phi) is 5.06. The molecular formula is C14H17N3O2S. The van der Waals surface area contributed by atoms with E-state index in [1.807, 2.05) is 31.4 Å². The molecule has 5 nitrogen and oxygen atoms in total. The number of rotatable bonds is 6. The van der Waals surface area contributed by atoms with Crippen molar-refractivity contribution in [2.24, 2.45) is 0 Å². The Hall–Kier alpha value is -1.95. The maximum atomic E-state index is 11.8. The SMILES string of the molecule is Cc1nc(CC(=O)NC[C@H](C)Oc2cccnc2)cs1. The highest BCUT2D eigenvalue weighted by Crippen LogP contribution is 2.09. The summed E-state index contributed by atoms with van der Waals surface area (Å²) >= 11 is 1.55. The number of pyridine rings is 1. The number of ether oxygens (including phenoxy) is 1. The quantitative estimate of drug-likeness (QED) is 0.884. The molecule has 0 fully saturated rings. The Morgan fingerprint density at radius 1 is 1.55 bits per heavy atom. The minimum absolute atomic E-state index is 0.0445. The number of hydrogen-bond acceptors (Lipinski definition) is 5. The molecule has 2 aromatic heterocycles. The van der Waals surface area contributed by atoms with E-state index in [0.717, 1.165) is 10.7 Å². The summed E-state index contributed by atoms with van der Waals surface area (Å²) in [4.78, 5) is 20.0. The molecule has 0 saturated carbocycles. The van der Waals surface area contributed by atoms with Crippen LogP contribution in [0, 0.1) is 6.92 Å². The number of carbonyl (C=O) groups is 1. The van der Waals surface area contributed by atoms with Gasteiger partial charge < -0.3 is 10.1 Å². The third-order valence-electron chi connectivity index (χ3n) is 2.57. The third-order valence-corrected chi connectivity index (χ3v) is 3.39. The lowest BCUT2D eigenvalue weighted by molar-refractivity contribution is -0.120. The number of hydrogen-bond donors (Lipinski definition) is 1. The van der Waals surface area contributed by atoms with Gasteiger partial charge in [0.25, 0.3) is 0 Å². The fourth-order valence-corrected chi connectivity index (χ4v) is 2.28. The van der Waals surface area contributed by atoms with E-state index in [9.17, 15) is 4.79 Å². The van der Waals surface area contributed by atoms with Crippen molar-refractivity contribution in [2.75, 3.05) is 6.54 Å². The molecular weight excluding hydrogens is 274 g/mol. The van der Waals surface area contributed by atoms with Crippen LogP contribution in [0.1, 0.15) is 17.6 Å². The Labute approximate surface area is 122 Å². The van der Waals surface area contributed by atoms with Gasteiger partial charge in [0.15, 0.2) is 0 Å². The summed E-state index contributed by atoms with van der Waals surface area (Å²) < 4.78 is 5.63. The highest BCUT2D eigenvalue weighted by Gasteiger charge is 2.09. The molecule has 0 aliphatic heterocycles. The molecule has 0 aromatic carbocycles. The molecule has 106 valence electrons. The summed E-state index contributed by atoms with van der Waals surface area (Å²) in [5, 5.41) is 5.72. The normalized spacial score (nSPS) is 11.9. The van der Waals surface area contributed by atoms with Crippen molar-refractivity contribution in [1.82, 2.24) is 15.3 Å². The molecule has 1 N–H and O–H groups in total. The zero-order valence-electron chi connectivity index (χ0n) is 11.5. The summed E-state index contributed by atoms with van der Waals surface area (Å²) in [6, 6.07) is 3.65. The Morgan fingerprint density at radius 3 is 3.05 bits per heavy atom. The van der Waals surface area contributed by atoms with E-state index in [2.05, 4.69) is 15.3 Å². The first-order valence-corrected chi connectivity index (χ1v) is 7.26. The second kappa shape index (κ2) is 7.00. The monoisotopic (exact) mass is 291 g/mol. The Bertz CT molecular complexity index is 557. The average molecular weight is 291 g/mol. The fourth-order valence-electron chi connectivity index (χ4n) is 1.66. The average Bonchev–Trinajstić information content (AvgIpc) is 2.83. The van der Waals surface area contributed by atoms with Crippen molar-refractivity contribution < 1.29 is 9.53 Å². The molecule has 2 rings (SSSR count). The van der Waals surface area contributed by atoms with Crippen LogP contribution in [-0.2, 0) is 11.2 Å². The molecule has 0 bridgehead atoms. The summed E-state index contributed by atoms with van der Waals surface area (Å²) in [6.07, 6.45) is 3.54. The van der Waals surface area contributed by atoms with Gasteiger partial charge in [-0.25, -0.2) is 4.98 Å². The minimum atomic E-state index is -0.111. The van der Waals surface area contributed by atoms with Gasteiger partial charge in [0.05, 0.1) is 29.9 Å². The van der Waals surface area contributed by atoms with Gasteiger partial charge in [0.2, 0.25) is 5.91 Å². The van der Waals surface area contributed by atoms with E-state index in [0.29, 0.717) is 18.7 Å². The number of carbonyl (C=O) groups excluding carboxylic acids is 1. The molecule has 2 heterocycles. The number of aryl methyl sites for hydroxylation is 1. The molecule has 0 spiro atoms. The van der Waals surface area contributed by atoms with Crippen LogP contribution in [-0.4, -0.2) is 28.5 Å². The molecule has 0 unspecified atom stereocenters. The van der Waals surface area contributed by atoms with Crippen molar-refractivity contribution in [1.29, 1.82) is 0 Å². The van der Waals surface area contributed by atoms with Crippen LogP contribution in [0.2, 0.25) is 0 Å². The van der Waals surface area contributed by atoms with Crippen LogP contribution < -0.4 is 10.1 Å². The van der Waals surface area contributed by atoms with Gasteiger partial charge in [-0.2, -0.15) is 0 Å². The highest BCUT2D eigenvalue weighted by atomic mass is 32.1. The molecule has 0 aliphatic carbocycles. The van der Waals surface area contributed by atoms with Crippen LogP contribution in [0.3, 0.4) is 0 Å². The Morgan fingerprint density at radius 2 is 2.40 bits per heavy atom. The second-order valence-corrected chi connectivity index (χ2v) is 5.52. The van der Waals surface area contributed by atoms with E-state index in [-0.39, 0.29) is 12.0 Å². The maximum absolute atomic E-state index is 11.8. The van der Waals surface area contributed by atoms with Crippen molar-refractivity contribution in [2.45, 2.75) is 26.4 Å². The zero-order valence-corrected chi connectivity index (χ0v) is 12.3. The Balaban J connectivity index is 1.73. The maximum Gasteiger partial charge on any atom is 0.226 e. The molecule has 6 heteroatoms. The van der Waals surface area contributed by atoms with Gasteiger partial charge in [0, 0.05) is 11.6 Å². The van der Waals surface area contributed by atoms with Crippen LogP contribution in [0.25, 0.3) is 0 Å². The van der Waals surface area contributed by atoms with E-state index in [1.165, 1.54) is 0 Å². The summed E-state index contributed by atoms with van der Waals surface area (Å²) in [6.45, 7) is 4.28. The lowest BCUT2D eigenvalue weighted by atomic mass is 10.3. The summed E-state index contributed by atoms with van der Waals surface area (Å²) in [5.74, 6) is 0.654. The van der Waals surface area contributed by atoms with E-state index < -0.39 is 0 Å². The first kappa shape index (κ1) is 14.5. The predicted octanol–water partition coefficient (Wildman–Crippen LogP) is 1.97. The number of aromatic nitrogens is 2. The molecule has 0 radical (unpaired) electrons. The zero-order chi connectivity index (χ0) is 14.4. The van der Waals surface area contributed by atoms with Gasteiger partial charge in [-0.1, -0.05) is 0 Å². The smallest absolute Gasteiger partial charge is 0.226 e. The molecule has 1 atom stereocenters. The van der Waals surface area contributed by atoms with E-state index in [1.54, 1.807) is 23.7 Å². The molecule has 1 amide bonds. The van der Waals surface area contributed by atoms with Gasteiger partial charge in [0.1, 0.15) is 11.9 Å². The first-order valence-electron chi connectivity index (χ1n) is 6.38. The van der Waals surface area contributed by atoms with Crippen molar-refractivity contribution in [3.63, 3.8) is 0 Å². The van der Waals surface area contributed by atoms with Gasteiger partial charge >= 0.3 is 0 Å². The highest BCUT2D eigenvalue weighted by molar-refractivity contribution is 7.09. The van der Waals surface area contributed by atoms with Crippen molar-refractivity contribution in [3.8, 4) is 5.75 Å². The van der Waals surface area contributed by atoms with Crippen LogP contribution >= 0.6 is 11.3 Å². The minimum Gasteiger partial charge on any atom is -0.487 e. The van der Waals surface area contributed by atoms with Crippen molar-refractivity contribution in [3.05, 3.63) is 40.6 Å². The van der Waals surface area contributed by atoms with Gasteiger partial charge in [-0.05, 0) is 26.0 Å². The lowest BCUT2D eigenvalue weighted by Crippen LogP contribution is -2.34. The van der Waals surface area contributed by atoms with Crippen LogP contribution in [0.5, 0.6) is 5.75 Å².